The van der Waals surface area contributed by atoms with Crippen LogP contribution in [0.5, 0.6) is 0 Å². The molecule has 1 fully saturated rings. The van der Waals surface area contributed by atoms with E-state index in [0.29, 0.717) is 37.7 Å². The molecule has 0 bridgehead atoms. The fourth-order valence-electron chi connectivity index (χ4n) is 4.85. The molecular formula is C31H47NO8. The highest BCUT2D eigenvalue weighted by atomic mass is 16.7. The van der Waals surface area contributed by atoms with Gasteiger partial charge < -0.3 is 18.9 Å². The number of carbonyl (C=O) groups excluding carboxylic acids is 4. The van der Waals surface area contributed by atoms with Gasteiger partial charge in [-0.25, -0.2) is 4.79 Å². The lowest BCUT2D eigenvalue weighted by atomic mass is 9.87. The Balaban J connectivity index is 3.03. The number of ketones is 1. The van der Waals surface area contributed by atoms with Crippen molar-refractivity contribution in [3.63, 3.8) is 0 Å². The number of unbranched alkanes of at least 4 members (excludes halogenated alkanes) is 1. The Morgan fingerprint density at radius 3 is 2.35 bits per heavy atom. The molecule has 224 valence electrons. The first-order chi connectivity index (χ1) is 19.1. The van der Waals surface area contributed by atoms with Gasteiger partial charge in [0.05, 0.1) is 6.10 Å². The van der Waals surface area contributed by atoms with Crippen LogP contribution in [0.25, 0.3) is 0 Å². The molecule has 0 aromatic rings. The van der Waals surface area contributed by atoms with E-state index >= 15 is 0 Å². The van der Waals surface area contributed by atoms with Gasteiger partial charge in [-0.15, -0.1) is 6.58 Å². The molecule has 0 aliphatic carbocycles. The van der Waals surface area contributed by atoms with E-state index in [-0.39, 0.29) is 36.2 Å². The highest BCUT2D eigenvalue weighted by Crippen LogP contribution is 2.28. The molecule has 0 radical (unpaired) electrons. The van der Waals surface area contributed by atoms with Gasteiger partial charge in [-0.3, -0.25) is 19.7 Å². The van der Waals surface area contributed by atoms with Gasteiger partial charge in [-0.2, -0.15) is 0 Å². The topological polar surface area (TPSA) is 117 Å². The van der Waals surface area contributed by atoms with Crippen molar-refractivity contribution in [3.05, 3.63) is 49.1 Å². The van der Waals surface area contributed by atoms with E-state index in [1.807, 2.05) is 38.2 Å². The molecule has 0 unspecified atom stereocenters. The number of allylic oxidation sites excluding steroid dienone is 3. The number of carbonyl (C=O) groups is 4. The molecule has 0 aromatic carbocycles. The summed E-state index contributed by atoms with van der Waals surface area (Å²) in [5, 5.41) is 2.30. The minimum absolute atomic E-state index is 0.0173. The fraction of sp³-hybridized carbons (Fsp3) is 0.613. The van der Waals surface area contributed by atoms with Crippen molar-refractivity contribution in [1.29, 1.82) is 0 Å². The van der Waals surface area contributed by atoms with Crippen molar-refractivity contribution >= 4 is 23.6 Å². The van der Waals surface area contributed by atoms with Crippen LogP contribution in [0.2, 0.25) is 0 Å². The average molecular weight is 562 g/mol. The molecule has 9 heteroatoms. The largest absolute Gasteiger partial charge is 0.454 e. The molecule has 0 saturated carbocycles. The second kappa shape index (κ2) is 19.2. The molecule has 9 nitrogen and oxygen atoms in total. The summed E-state index contributed by atoms with van der Waals surface area (Å²) in [4.78, 5) is 48.4. The Hall–Kier alpha value is -2.88. The average Bonchev–Trinajstić information content (AvgIpc) is 2.91. The van der Waals surface area contributed by atoms with E-state index < -0.39 is 30.2 Å². The summed E-state index contributed by atoms with van der Waals surface area (Å²) in [5.41, 5.74) is 0.703. The zero-order valence-electron chi connectivity index (χ0n) is 24.7. The standard InChI is InChI=1S/C31H47NO8/c1-8-10-11-12-16-26(38-7)31(39-20-37-6)23(5)30(40-29(36)9-2)22(4)17-21(3)25(33)15-13-14-24-18-27(34)32-28(35)19-24/h8-9,12,16-17,21,23-24,26,30-31H,1-2,10-11,13-15,18-20H2,3-7H3,(H,32,34,35)/t21-,23+,26-,30-,31-/m0/s1. The Morgan fingerprint density at radius 2 is 1.77 bits per heavy atom. The predicted octanol–water partition coefficient (Wildman–Crippen LogP) is 4.62. The van der Waals surface area contributed by atoms with E-state index in [2.05, 4.69) is 18.5 Å². The van der Waals surface area contributed by atoms with Crippen molar-refractivity contribution in [1.82, 2.24) is 5.32 Å². The molecule has 1 aliphatic rings. The molecule has 1 N–H and O–H groups in total. The lowest BCUT2D eigenvalue weighted by Crippen LogP contribution is -2.43. The molecule has 1 saturated heterocycles. The summed E-state index contributed by atoms with van der Waals surface area (Å²) >= 11 is 0. The van der Waals surface area contributed by atoms with Crippen LogP contribution >= 0.6 is 0 Å². The first kappa shape index (κ1) is 35.1. The predicted molar refractivity (Wildman–Crippen MR) is 153 cm³/mol. The maximum absolute atomic E-state index is 12.9. The molecule has 40 heavy (non-hydrogen) atoms. The van der Waals surface area contributed by atoms with Gasteiger partial charge >= 0.3 is 5.97 Å². The number of ether oxygens (including phenoxy) is 4. The fourth-order valence-corrected chi connectivity index (χ4v) is 4.85. The Labute approximate surface area is 239 Å². The number of hydrogen-bond donors (Lipinski definition) is 1. The minimum Gasteiger partial charge on any atom is -0.454 e. The van der Waals surface area contributed by atoms with Gasteiger partial charge in [0, 0.05) is 51.4 Å². The van der Waals surface area contributed by atoms with Crippen molar-refractivity contribution in [3.8, 4) is 0 Å². The number of imide groups is 1. The normalized spacial score (nSPS) is 18.5. The molecule has 1 heterocycles. The monoisotopic (exact) mass is 561 g/mol. The summed E-state index contributed by atoms with van der Waals surface area (Å²) in [6.07, 6.45) is 10.8. The molecule has 1 rings (SSSR count). The van der Waals surface area contributed by atoms with E-state index in [0.717, 1.165) is 18.9 Å². The summed E-state index contributed by atoms with van der Waals surface area (Å²) in [6.45, 7) is 12.8. The van der Waals surface area contributed by atoms with Gasteiger partial charge in [-0.1, -0.05) is 44.7 Å². The van der Waals surface area contributed by atoms with E-state index in [9.17, 15) is 19.2 Å². The Bertz CT molecular complexity index is 908. The summed E-state index contributed by atoms with van der Waals surface area (Å²) in [5.74, 6) is -1.91. The third-order valence-corrected chi connectivity index (χ3v) is 6.98. The molecule has 0 aromatic heterocycles. The van der Waals surface area contributed by atoms with Gasteiger partial charge in [0.2, 0.25) is 11.8 Å². The van der Waals surface area contributed by atoms with Crippen LogP contribution in [-0.2, 0) is 38.1 Å². The molecular weight excluding hydrogens is 514 g/mol. The number of methoxy groups -OCH3 is 2. The first-order valence-electron chi connectivity index (χ1n) is 13.8. The summed E-state index contributed by atoms with van der Waals surface area (Å²) in [6, 6.07) is 0. The highest BCUT2D eigenvalue weighted by Gasteiger charge is 2.35. The van der Waals surface area contributed by atoms with Crippen LogP contribution in [0.4, 0.5) is 0 Å². The van der Waals surface area contributed by atoms with Crippen molar-refractivity contribution in [2.24, 2.45) is 17.8 Å². The number of hydrogen-bond acceptors (Lipinski definition) is 8. The lowest BCUT2D eigenvalue weighted by Gasteiger charge is -2.34. The van der Waals surface area contributed by atoms with Crippen molar-refractivity contribution in [2.75, 3.05) is 21.0 Å². The van der Waals surface area contributed by atoms with Crippen LogP contribution in [0.1, 0.15) is 65.7 Å². The number of rotatable bonds is 20. The Kier molecular flexibility index (Phi) is 16.9. The zero-order valence-corrected chi connectivity index (χ0v) is 24.7. The smallest absolute Gasteiger partial charge is 0.330 e. The third-order valence-electron chi connectivity index (χ3n) is 6.98. The maximum atomic E-state index is 12.9. The molecule has 0 spiro atoms. The zero-order chi connectivity index (χ0) is 30.1. The molecule has 5 atom stereocenters. The van der Waals surface area contributed by atoms with Crippen LogP contribution < -0.4 is 5.32 Å². The van der Waals surface area contributed by atoms with Gasteiger partial charge in [0.15, 0.2) is 0 Å². The highest BCUT2D eigenvalue weighted by molar-refractivity contribution is 5.97. The van der Waals surface area contributed by atoms with E-state index in [1.54, 1.807) is 14.0 Å². The third kappa shape index (κ3) is 12.5. The van der Waals surface area contributed by atoms with E-state index in [1.165, 1.54) is 7.11 Å². The minimum atomic E-state index is -0.714. The molecule has 2 amide bonds. The van der Waals surface area contributed by atoms with Crippen LogP contribution in [0, 0.1) is 17.8 Å². The van der Waals surface area contributed by atoms with Crippen molar-refractivity contribution < 1.29 is 38.1 Å². The van der Waals surface area contributed by atoms with Gasteiger partial charge in [-0.05, 0) is 44.1 Å². The van der Waals surface area contributed by atoms with Crippen LogP contribution in [-0.4, -0.2) is 62.9 Å². The Morgan fingerprint density at radius 1 is 1.10 bits per heavy atom. The number of Topliss-reactive ketones (excluding diaryl/α,β-unsaturated/α-hetero) is 1. The van der Waals surface area contributed by atoms with Gasteiger partial charge in [0.1, 0.15) is 24.8 Å². The summed E-state index contributed by atoms with van der Waals surface area (Å²) in [7, 11) is 3.11. The maximum Gasteiger partial charge on any atom is 0.330 e. The van der Waals surface area contributed by atoms with E-state index in [4.69, 9.17) is 18.9 Å². The molecule has 1 aliphatic heterocycles. The van der Waals surface area contributed by atoms with Gasteiger partial charge in [0.25, 0.3) is 0 Å². The second-order valence-corrected chi connectivity index (χ2v) is 10.3. The number of amides is 2. The quantitative estimate of drug-likeness (QED) is 0.0571. The number of nitrogens with one attached hydrogen (secondary N) is 1. The second-order valence-electron chi connectivity index (χ2n) is 10.3. The van der Waals surface area contributed by atoms with Crippen LogP contribution in [0.15, 0.2) is 49.1 Å². The SMILES string of the molecule is C=CCCC=C[C@H](OC)[C@@H](OCOC)[C@H](C)[C@@H](OC(=O)C=C)C(C)=C[C@H](C)C(=O)CCCC1CC(=O)NC(=O)C1. The first-order valence-corrected chi connectivity index (χ1v) is 13.8. The summed E-state index contributed by atoms with van der Waals surface area (Å²) < 4.78 is 22.6. The van der Waals surface area contributed by atoms with Crippen molar-refractivity contribution in [2.45, 2.75) is 84.0 Å². The number of esters is 1. The van der Waals surface area contributed by atoms with Crippen LogP contribution in [0.3, 0.4) is 0 Å². The lowest BCUT2D eigenvalue weighted by molar-refractivity contribution is -0.159. The number of piperidine rings is 1.